The van der Waals surface area contributed by atoms with Gasteiger partial charge in [0, 0.05) is 12.7 Å². The topological polar surface area (TPSA) is 59.4 Å². The summed E-state index contributed by atoms with van der Waals surface area (Å²) in [4.78, 5) is 0. The van der Waals surface area contributed by atoms with Gasteiger partial charge in [0.2, 0.25) is 0 Å². The first-order chi connectivity index (χ1) is 7.18. The average Bonchev–Trinajstić information content (AvgIpc) is 2.76. The van der Waals surface area contributed by atoms with Gasteiger partial charge in [0.25, 0.3) is 0 Å². The molecule has 0 unspecified atom stereocenters. The largest absolute Gasteiger partial charge is 0.272 e. The molecule has 2 aromatic heterocycles. The summed E-state index contributed by atoms with van der Waals surface area (Å²) in [6.45, 7) is 4.14. The Hall–Kier alpha value is -1.65. The van der Waals surface area contributed by atoms with E-state index in [4.69, 9.17) is 0 Å². The lowest BCUT2D eigenvalue weighted by molar-refractivity contribution is 0.729. The second-order valence-electron chi connectivity index (χ2n) is 3.73. The van der Waals surface area contributed by atoms with Crippen LogP contribution in [0.1, 0.15) is 22.6 Å². The first-order valence-corrected chi connectivity index (χ1v) is 5.02. The van der Waals surface area contributed by atoms with Crippen LogP contribution in [0.2, 0.25) is 0 Å². The molecule has 0 aliphatic heterocycles. The molecule has 0 aliphatic carbocycles. The standard InChI is InChI=1S/C10H15N5/c1-7-10(8(2)15(3)13-7)5-4-9-6-11-14-12-9/h6H,4-5H2,1-3H3,(H,11,12,14). The third kappa shape index (κ3) is 1.91. The summed E-state index contributed by atoms with van der Waals surface area (Å²) in [6.07, 6.45) is 3.64. The number of nitrogens with zero attached hydrogens (tertiary/aromatic N) is 4. The maximum Gasteiger partial charge on any atom is 0.0828 e. The molecule has 0 bridgehead atoms. The van der Waals surface area contributed by atoms with E-state index in [-0.39, 0.29) is 0 Å². The molecule has 0 atom stereocenters. The smallest absolute Gasteiger partial charge is 0.0828 e. The van der Waals surface area contributed by atoms with E-state index >= 15 is 0 Å². The second-order valence-corrected chi connectivity index (χ2v) is 3.73. The summed E-state index contributed by atoms with van der Waals surface area (Å²) >= 11 is 0. The van der Waals surface area contributed by atoms with Crippen molar-refractivity contribution in [3.63, 3.8) is 0 Å². The fourth-order valence-electron chi connectivity index (χ4n) is 1.78. The Morgan fingerprint density at radius 2 is 2.13 bits per heavy atom. The third-order valence-electron chi connectivity index (χ3n) is 2.75. The van der Waals surface area contributed by atoms with Gasteiger partial charge in [0.05, 0.1) is 17.6 Å². The molecule has 1 N–H and O–H groups in total. The number of H-pyrrole nitrogens is 1. The van der Waals surface area contributed by atoms with E-state index in [1.165, 1.54) is 11.3 Å². The minimum atomic E-state index is 0.907. The Morgan fingerprint density at radius 1 is 1.33 bits per heavy atom. The molecule has 0 spiro atoms. The van der Waals surface area contributed by atoms with Crippen molar-refractivity contribution in [2.75, 3.05) is 0 Å². The number of aromatic nitrogens is 5. The summed E-state index contributed by atoms with van der Waals surface area (Å²) in [5, 5.41) is 14.8. The number of rotatable bonds is 3. The number of hydrogen-bond donors (Lipinski definition) is 1. The molecule has 2 heterocycles. The van der Waals surface area contributed by atoms with Crippen LogP contribution in [0, 0.1) is 13.8 Å². The summed E-state index contributed by atoms with van der Waals surface area (Å²) in [6, 6.07) is 0. The van der Waals surface area contributed by atoms with Gasteiger partial charge in [-0.25, -0.2) is 0 Å². The molecule has 80 valence electrons. The van der Waals surface area contributed by atoms with Crippen molar-refractivity contribution >= 4 is 0 Å². The van der Waals surface area contributed by atoms with Crippen molar-refractivity contribution in [2.24, 2.45) is 7.05 Å². The highest BCUT2D eigenvalue weighted by atomic mass is 15.3. The Kier molecular flexibility index (Phi) is 2.53. The maximum atomic E-state index is 4.38. The molecule has 2 rings (SSSR count). The van der Waals surface area contributed by atoms with Crippen LogP contribution in [0.4, 0.5) is 0 Å². The van der Waals surface area contributed by atoms with Gasteiger partial charge in [0.1, 0.15) is 0 Å². The SMILES string of the molecule is Cc1nn(C)c(C)c1CCc1cn[nH]n1. The van der Waals surface area contributed by atoms with Crippen LogP contribution in [0.15, 0.2) is 6.20 Å². The molecule has 0 aromatic carbocycles. The van der Waals surface area contributed by atoms with Gasteiger partial charge >= 0.3 is 0 Å². The molecule has 0 amide bonds. The fourth-order valence-corrected chi connectivity index (χ4v) is 1.78. The molecule has 15 heavy (non-hydrogen) atoms. The van der Waals surface area contributed by atoms with Crippen LogP contribution in [0.25, 0.3) is 0 Å². The second kappa shape index (κ2) is 3.84. The maximum absolute atomic E-state index is 4.38. The zero-order valence-corrected chi connectivity index (χ0v) is 9.28. The van der Waals surface area contributed by atoms with Gasteiger partial charge in [-0.1, -0.05) is 0 Å². The van der Waals surface area contributed by atoms with Crippen molar-refractivity contribution in [3.05, 3.63) is 28.8 Å². The predicted octanol–water partition coefficient (Wildman–Crippen LogP) is 0.940. The van der Waals surface area contributed by atoms with Crippen LogP contribution >= 0.6 is 0 Å². The number of nitrogens with one attached hydrogen (secondary N) is 1. The summed E-state index contributed by atoms with van der Waals surface area (Å²) in [7, 11) is 1.97. The highest BCUT2D eigenvalue weighted by Crippen LogP contribution is 2.14. The predicted molar refractivity (Wildman–Crippen MR) is 56.5 cm³/mol. The Balaban J connectivity index is 2.11. The van der Waals surface area contributed by atoms with E-state index in [0.717, 1.165) is 24.2 Å². The zero-order valence-electron chi connectivity index (χ0n) is 9.28. The Morgan fingerprint density at radius 3 is 2.67 bits per heavy atom. The summed E-state index contributed by atoms with van der Waals surface area (Å²) < 4.78 is 1.92. The van der Waals surface area contributed by atoms with Gasteiger partial charge < -0.3 is 0 Å². The molecule has 5 nitrogen and oxygen atoms in total. The minimum Gasteiger partial charge on any atom is -0.272 e. The van der Waals surface area contributed by atoms with Crippen molar-refractivity contribution in [1.82, 2.24) is 25.2 Å². The van der Waals surface area contributed by atoms with E-state index in [9.17, 15) is 0 Å². The van der Waals surface area contributed by atoms with Crippen molar-refractivity contribution in [3.8, 4) is 0 Å². The van der Waals surface area contributed by atoms with Crippen LogP contribution in [0.3, 0.4) is 0 Å². The molecule has 0 fully saturated rings. The van der Waals surface area contributed by atoms with Gasteiger partial charge in [-0.2, -0.15) is 20.5 Å². The van der Waals surface area contributed by atoms with E-state index in [1.54, 1.807) is 6.20 Å². The molecule has 2 aromatic rings. The van der Waals surface area contributed by atoms with Gasteiger partial charge in [-0.05, 0) is 32.3 Å². The number of aromatic amines is 1. The average molecular weight is 205 g/mol. The lowest BCUT2D eigenvalue weighted by Crippen LogP contribution is -1.96. The van der Waals surface area contributed by atoms with Crippen molar-refractivity contribution in [2.45, 2.75) is 26.7 Å². The molecule has 0 radical (unpaired) electrons. The van der Waals surface area contributed by atoms with Crippen LogP contribution in [-0.4, -0.2) is 25.2 Å². The van der Waals surface area contributed by atoms with E-state index in [0.29, 0.717) is 0 Å². The molecule has 5 heteroatoms. The van der Waals surface area contributed by atoms with E-state index in [2.05, 4.69) is 27.4 Å². The zero-order chi connectivity index (χ0) is 10.8. The highest BCUT2D eigenvalue weighted by Gasteiger charge is 2.09. The highest BCUT2D eigenvalue weighted by molar-refractivity contribution is 5.25. The molecule has 0 saturated carbocycles. The fraction of sp³-hybridized carbons (Fsp3) is 0.500. The molecular weight excluding hydrogens is 190 g/mol. The van der Waals surface area contributed by atoms with Crippen LogP contribution in [0.5, 0.6) is 0 Å². The normalized spacial score (nSPS) is 10.9. The van der Waals surface area contributed by atoms with Crippen LogP contribution in [-0.2, 0) is 19.9 Å². The Bertz CT molecular complexity index is 441. The number of hydrogen-bond acceptors (Lipinski definition) is 3. The van der Waals surface area contributed by atoms with Crippen molar-refractivity contribution in [1.29, 1.82) is 0 Å². The monoisotopic (exact) mass is 205 g/mol. The first-order valence-electron chi connectivity index (χ1n) is 5.02. The summed E-state index contributed by atoms with van der Waals surface area (Å²) in [5.41, 5.74) is 4.66. The van der Waals surface area contributed by atoms with Gasteiger partial charge in [-0.15, -0.1) is 0 Å². The third-order valence-corrected chi connectivity index (χ3v) is 2.75. The summed E-state index contributed by atoms with van der Waals surface area (Å²) in [5.74, 6) is 0. The van der Waals surface area contributed by atoms with E-state index < -0.39 is 0 Å². The van der Waals surface area contributed by atoms with Gasteiger partial charge in [0.15, 0.2) is 0 Å². The van der Waals surface area contributed by atoms with Gasteiger partial charge in [-0.3, -0.25) is 4.68 Å². The lowest BCUT2D eigenvalue weighted by atomic mass is 10.1. The number of aryl methyl sites for hydroxylation is 3. The molecule has 0 aliphatic rings. The molecular formula is C10H15N5. The first kappa shape index (κ1) is 9.89. The van der Waals surface area contributed by atoms with Crippen LogP contribution < -0.4 is 0 Å². The quantitative estimate of drug-likeness (QED) is 0.811. The minimum absolute atomic E-state index is 0.907. The van der Waals surface area contributed by atoms with Crippen molar-refractivity contribution < 1.29 is 0 Å². The molecule has 0 saturated heterocycles. The lowest BCUT2D eigenvalue weighted by Gasteiger charge is -1.99. The Labute approximate surface area is 88.5 Å². The van der Waals surface area contributed by atoms with E-state index in [1.807, 2.05) is 18.7 Å².